The molecule has 3 atom stereocenters. The minimum absolute atomic E-state index is 0.0216. The van der Waals surface area contributed by atoms with Crippen LogP contribution in [0.1, 0.15) is 24.8 Å². The largest absolute Gasteiger partial charge is 0.356 e. The van der Waals surface area contributed by atoms with Gasteiger partial charge in [0.15, 0.2) is 0 Å². The van der Waals surface area contributed by atoms with Crippen LogP contribution in [0, 0.1) is 18.3 Å². The second-order valence-electron chi connectivity index (χ2n) is 6.48. The number of aldehydes is 1. The monoisotopic (exact) mass is 381 g/mol. The smallest absolute Gasteiger partial charge is 0.244 e. The molecule has 0 radical (unpaired) electrons. The first-order chi connectivity index (χ1) is 13.5. The fraction of sp³-hybridized carbons (Fsp3) is 0.333. The average Bonchev–Trinajstić information content (AvgIpc) is 3.10. The van der Waals surface area contributed by atoms with Gasteiger partial charge in [0.25, 0.3) is 0 Å². The Kier molecular flexibility index (Phi) is 7.97. The Balaban J connectivity index is 1.93. The van der Waals surface area contributed by atoms with Crippen LogP contribution in [-0.2, 0) is 19.2 Å². The lowest BCUT2D eigenvalue weighted by molar-refractivity contribution is -0.129. The summed E-state index contributed by atoms with van der Waals surface area (Å²) in [4.78, 5) is 47.5. The van der Waals surface area contributed by atoms with Crippen LogP contribution in [0.15, 0.2) is 36.4 Å². The maximum absolute atomic E-state index is 12.5. The van der Waals surface area contributed by atoms with E-state index in [1.165, 1.54) is 6.08 Å². The third kappa shape index (κ3) is 6.40. The molecular formula is C21H23N3O4. The van der Waals surface area contributed by atoms with Crippen LogP contribution in [0.4, 0.5) is 0 Å². The van der Waals surface area contributed by atoms with Crippen LogP contribution in [0.5, 0.6) is 0 Å². The van der Waals surface area contributed by atoms with Crippen molar-refractivity contribution in [3.8, 4) is 12.3 Å². The minimum Gasteiger partial charge on any atom is -0.356 e. The quantitative estimate of drug-likeness (QED) is 0.328. The van der Waals surface area contributed by atoms with Crippen molar-refractivity contribution in [1.29, 1.82) is 0 Å². The topological polar surface area (TPSA) is 104 Å². The Morgan fingerprint density at radius 1 is 1.29 bits per heavy atom. The van der Waals surface area contributed by atoms with Gasteiger partial charge in [0.1, 0.15) is 12.3 Å². The fourth-order valence-corrected chi connectivity index (χ4v) is 2.89. The van der Waals surface area contributed by atoms with E-state index in [9.17, 15) is 19.2 Å². The molecule has 3 N–H and O–H groups in total. The predicted molar refractivity (Wildman–Crippen MR) is 105 cm³/mol. The van der Waals surface area contributed by atoms with Gasteiger partial charge in [-0.3, -0.25) is 14.4 Å². The summed E-state index contributed by atoms with van der Waals surface area (Å²) in [6.45, 7) is 0.562. The highest BCUT2D eigenvalue weighted by molar-refractivity contribution is 5.96. The average molecular weight is 381 g/mol. The van der Waals surface area contributed by atoms with Crippen LogP contribution in [0.25, 0.3) is 6.08 Å². The summed E-state index contributed by atoms with van der Waals surface area (Å²) in [6, 6.07) is 7.43. The second kappa shape index (κ2) is 10.7. The number of nitrogens with one attached hydrogen (secondary N) is 3. The number of hydrogen-bond donors (Lipinski definition) is 3. The van der Waals surface area contributed by atoms with Crippen molar-refractivity contribution in [3.05, 3.63) is 42.0 Å². The number of hydrogen-bond acceptors (Lipinski definition) is 4. The Hall–Kier alpha value is -3.40. The molecule has 1 saturated heterocycles. The van der Waals surface area contributed by atoms with E-state index in [1.807, 2.05) is 30.3 Å². The van der Waals surface area contributed by atoms with Crippen molar-refractivity contribution in [3.63, 3.8) is 0 Å². The molecular weight excluding hydrogens is 358 g/mol. The summed E-state index contributed by atoms with van der Waals surface area (Å²) in [7, 11) is 0. The van der Waals surface area contributed by atoms with Crippen molar-refractivity contribution in [2.45, 2.75) is 31.3 Å². The second-order valence-corrected chi connectivity index (χ2v) is 6.48. The molecule has 1 aromatic carbocycles. The van der Waals surface area contributed by atoms with Crippen molar-refractivity contribution in [2.24, 2.45) is 5.92 Å². The Morgan fingerprint density at radius 2 is 2.04 bits per heavy atom. The molecule has 0 unspecified atom stereocenters. The first-order valence-electron chi connectivity index (χ1n) is 9.04. The molecule has 146 valence electrons. The van der Waals surface area contributed by atoms with Crippen molar-refractivity contribution < 1.29 is 19.2 Å². The van der Waals surface area contributed by atoms with Gasteiger partial charge in [-0.2, -0.15) is 0 Å². The third-order valence-electron chi connectivity index (χ3n) is 4.37. The summed E-state index contributed by atoms with van der Waals surface area (Å²) in [5, 5.41) is 7.79. The van der Waals surface area contributed by atoms with Gasteiger partial charge in [0, 0.05) is 25.0 Å². The summed E-state index contributed by atoms with van der Waals surface area (Å²) in [5.41, 5.74) is 0.839. The number of benzene rings is 1. The molecule has 0 saturated carbocycles. The molecule has 0 aromatic heterocycles. The van der Waals surface area contributed by atoms with E-state index in [0.717, 1.165) is 5.56 Å². The zero-order valence-corrected chi connectivity index (χ0v) is 15.4. The molecule has 1 aliphatic rings. The minimum atomic E-state index is -0.974. The lowest BCUT2D eigenvalue weighted by Gasteiger charge is -2.20. The summed E-state index contributed by atoms with van der Waals surface area (Å²) >= 11 is 0. The highest BCUT2D eigenvalue weighted by Crippen LogP contribution is 2.15. The molecule has 0 spiro atoms. The van der Waals surface area contributed by atoms with E-state index < -0.39 is 23.9 Å². The van der Waals surface area contributed by atoms with E-state index in [1.54, 1.807) is 6.08 Å². The highest BCUT2D eigenvalue weighted by Gasteiger charge is 2.29. The number of rotatable bonds is 9. The van der Waals surface area contributed by atoms with Gasteiger partial charge >= 0.3 is 0 Å². The van der Waals surface area contributed by atoms with Crippen LogP contribution in [0.3, 0.4) is 0 Å². The molecule has 7 nitrogen and oxygen atoms in total. The lowest BCUT2D eigenvalue weighted by Crippen LogP contribution is -2.50. The molecule has 1 aliphatic heterocycles. The standard InChI is InChI=1S/C21H23N3O4/c1-2-6-18(24-19(26)10-9-15-7-4-3-5-8-15)21(28)23-17(14-25)13-16-11-12-22-20(16)27/h1,3-5,7-10,14,16-18H,6,11-13H2,(H,22,27)(H,23,28)(H,24,26)/b10-9+/t16-,17-,18-/m0/s1. The molecule has 1 fully saturated rings. The van der Waals surface area contributed by atoms with E-state index in [-0.39, 0.29) is 24.7 Å². The summed E-state index contributed by atoms with van der Waals surface area (Å²) in [5.74, 6) is 0.873. The molecule has 1 heterocycles. The Labute approximate surface area is 164 Å². The molecule has 1 aromatic rings. The zero-order chi connectivity index (χ0) is 20.4. The van der Waals surface area contributed by atoms with E-state index >= 15 is 0 Å². The van der Waals surface area contributed by atoms with Crippen molar-refractivity contribution in [2.75, 3.05) is 6.54 Å². The molecule has 2 rings (SSSR count). The van der Waals surface area contributed by atoms with Crippen molar-refractivity contribution >= 4 is 30.1 Å². The van der Waals surface area contributed by atoms with Crippen LogP contribution < -0.4 is 16.0 Å². The first-order valence-corrected chi connectivity index (χ1v) is 9.04. The van der Waals surface area contributed by atoms with Gasteiger partial charge < -0.3 is 20.7 Å². The molecule has 28 heavy (non-hydrogen) atoms. The van der Waals surface area contributed by atoms with E-state index in [2.05, 4.69) is 21.9 Å². The first kappa shape index (κ1) is 20.9. The van der Waals surface area contributed by atoms with Gasteiger partial charge in [-0.25, -0.2) is 0 Å². The van der Waals surface area contributed by atoms with Gasteiger partial charge in [-0.15, -0.1) is 12.3 Å². The maximum Gasteiger partial charge on any atom is 0.244 e. The SMILES string of the molecule is C#CC[C@H](NC(=O)/C=C/c1ccccc1)C(=O)N[C@H](C=O)C[C@@H]1CCNC1=O. The highest BCUT2D eigenvalue weighted by atomic mass is 16.2. The van der Waals surface area contributed by atoms with E-state index in [4.69, 9.17) is 6.42 Å². The third-order valence-corrected chi connectivity index (χ3v) is 4.37. The number of carbonyl (C=O) groups excluding carboxylic acids is 4. The Bertz CT molecular complexity index is 783. The van der Waals surface area contributed by atoms with Crippen LogP contribution in [-0.4, -0.2) is 42.6 Å². The molecule has 7 heteroatoms. The zero-order valence-electron chi connectivity index (χ0n) is 15.4. The number of terminal acetylenes is 1. The van der Waals surface area contributed by atoms with Crippen molar-refractivity contribution in [1.82, 2.24) is 16.0 Å². The van der Waals surface area contributed by atoms with Crippen LogP contribution in [0.2, 0.25) is 0 Å². The summed E-state index contributed by atoms with van der Waals surface area (Å²) < 4.78 is 0. The normalized spacial score (nSPS) is 18.0. The van der Waals surface area contributed by atoms with Gasteiger partial charge in [0.05, 0.1) is 6.04 Å². The maximum atomic E-state index is 12.5. The van der Waals surface area contributed by atoms with Gasteiger partial charge in [0.2, 0.25) is 17.7 Å². The number of amides is 3. The predicted octanol–water partition coefficient (Wildman–Crippen LogP) is 0.418. The molecule has 0 aliphatic carbocycles. The fourth-order valence-electron chi connectivity index (χ4n) is 2.89. The molecule has 0 bridgehead atoms. The lowest BCUT2D eigenvalue weighted by atomic mass is 9.99. The van der Waals surface area contributed by atoms with Crippen LogP contribution >= 0.6 is 0 Å². The van der Waals surface area contributed by atoms with Gasteiger partial charge in [-0.05, 0) is 24.5 Å². The van der Waals surface area contributed by atoms with E-state index in [0.29, 0.717) is 19.3 Å². The Morgan fingerprint density at radius 3 is 2.64 bits per heavy atom. The molecule has 3 amide bonds. The van der Waals surface area contributed by atoms with Gasteiger partial charge in [-0.1, -0.05) is 30.3 Å². The summed E-state index contributed by atoms with van der Waals surface area (Å²) in [6.07, 6.45) is 9.63. The number of carbonyl (C=O) groups is 4.